The SMILES string of the molecule is C=C1N=C(Cn2ncc3c4sc(Cn5cncn5)nc4n(C)c3c2=O)NN1. The van der Waals surface area contributed by atoms with Crippen LogP contribution in [0.3, 0.4) is 0 Å². The van der Waals surface area contributed by atoms with Gasteiger partial charge in [0.1, 0.15) is 41.4 Å². The molecule has 0 aliphatic carbocycles. The number of amidine groups is 1. The Labute approximate surface area is 155 Å². The second-order valence-electron chi connectivity index (χ2n) is 6.04. The first-order chi connectivity index (χ1) is 13.1. The van der Waals surface area contributed by atoms with Crippen molar-refractivity contribution in [3.8, 4) is 0 Å². The number of rotatable bonds is 4. The van der Waals surface area contributed by atoms with Crippen LogP contribution in [-0.2, 0) is 20.1 Å². The minimum absolute atomic E-state index is 0.194. The number of aromatic nitrogens is 7. The van der Waals surface area contributed by atoms with Crippen LogP contribution in [0.2, 0.25) is 0 Å². The summed E-state index contributed by atoms with van der Waals surface area (Å²) in [6.45, 7) is 4.46. The van der Waals surface area contributed by atoms with E-state index < -0.39 is 0 Å². The molecule has 5 rings (SSSR count). The maximum Gasteiger partial charge on any atom is 0.291 e. The zero-order chi connectivity index (χ0) is 18.5. The van der Waals surface area contributed by atoms with E-state index >= 15 is 0 Å². The maximum atomic E-state index is 12.9. The minimum atomic E-state index is -0.194. The van der Waals surface area contributed by atoms with Gasteiger partial charge in [-0.2, -0.15) is 10.2 Å². The Balaban J connectivity index is 1.58. The molecule has 0 saturated carbocycles. The lowest BCUT2D eigenvalue weighted by molar-refractivity contribution is 0.659. The number of hydrogen-bond acceptors (Lipinski definition) is 9. The van der Waals surface area contributed by atoms with E-state index in [-0.39, 0.29) is 12.1 Å². The molecule has 12 heteroatoms. The van der Waals surface area contributed by atoms with E-state index in [1.807, 2.05) is 11.6 Å². The lowest BCUT2D eigenvalue weighted by atomic mass is 10.3. The van der Waals surface area contributed by atoms with E-state index in [1.165, 1.54) is 22.3 Å². The highest BCUT2D eigenvalue weighted by Crippen LogP contribution is 2.30. The van der Waals surface area contributed by atoms with Crippen LogP contribution >= 0.6 is 11.3 Å². The lowest BCUT2D eigenvalue weighted by Crippen LogP contribution is -2.35. The van der Waals surface area contributed by atoms with Gasteiger partial charge in [0.2, 0.25) is 0 Å². The molecule has 4 aromatic heterocycles. The number of nitrogens with zero attached hydrogens (tertiary/aromatic N) is 8. The highest BCUT2D eigenvalue weighted by Gasteiger charge is 2.19. The monoisotopic (exact) mass is 382 g/mol. The Bertz CT molecular complexity index is 1280. The van der Waals surface area contributed by atoms with E-state index in [9.17, 15) is 4.79 Å². The van der Waals surface area contributed by atoms with Crippen molar-refractivity contribution in [3.05, 3.63) is 46.6 Å². The van der Waals surface area contributed by atoms with Gasteiger partial charge in [-0.15, -0.1) is 11.3 Å². The first kappa shape index (κ1) is 15.7. The second kappa shape index (κ2) is 5.74. The van der Waals surface area contributed by atoms with Gasteiger partial charge in [0, 0.05) is 12.4 Å². The van der Waals surface area contributed by atoms with Gasteiger partial charge in [0.15, 0.2) is 5.65 Å². The Kier molecular flexibility index (Phi) is 3.33. The molecule has 136 valence electrons. The minimum Gasteiger partial charge on any atom is -0.323 e. The summed E-state index contributed by atoms with van der Waals surface area (Å²) >= 11 is 1.53. The van der Waals surface area contributed by atoms with E-state index in [0.717, 1.165) is 20.7 Å². The van der Waals surface area contributed by atoms with Crippen molar-refractivity contribution in [1.82, 2.24) is 44.9 Å². The van der Waals surface area contributed by atoms with Crippen molar-refractivity contribution in [2.75, 3.05) is 0 Å². The summed E-state index contributed by atoms with van der Waals surface area (Å²) in [6.07, 6.45) is 4.84. The lowest BCUT2D eigenvalue weighted by Gasteiger charge is -2.05. The number of hydrazine groups is 1. The fourth-order valence-electron chi connectivity index (χ4n) is 3.05. The molecule has 0 spiro atoms. The summed E-state index contributed by atoms with van der Waals surface area (Å²) in [5.41, 5.74) is 6.78. The normalized spacial score (nSPS) is 14.0. The summed E-state index contributed by atoms with van der Waals surface area (Å²) in [4.78, 5) is 25.7. The summed E-state index contributed by atoms with van der Waals surface area (Å²) in [6, 6.07) is 0. The van der Waals surface area contributed by atoms with E-state index in [1.54, 1.807) is 17.2 Å². The van der Waals surface area contributed by atoms with Crippen molar-refractivity contribution in [3.63, 3.8) is 0 Å². The highest BCUT2D eigenvalue weighted by molar-refractivity contribution is 7.19. The zero-order valence-corrected chi connectivity index (χ0v) is 15.1. The van der Waals surface area contributed by atoms with Crippen LogP contribution in [0.5, 0.6) is 0 Å². The average Bonchev–Trinajstić information content (AvgIpc) is 3.40. The molecule has 0 atom stereocenters. The van der Waals surface area contributed by atoms with Gasteiger partial charge < -0.3 is 4.57 Å². The van der Waals surface area contributed by atoms with Crippen molar-refractivity contribution in [2.45, 2.75) is 13.1 Å². The zero-order valence-electron chi connectivity index (χ0n) is 14.2. The number of thiazole rings is 1. The number of nitrogens with one attached hydrogen (secondary N) is 2. The molecule has 0 unspecified atom stereocenters. The molecule has 1 aliphatic heterocycles. The molecule has 1 aliphatic rings. The van der Waals surface area contributed by atoms with Gasteiger partial charge in [-0.1, -0.05) is 6.58 Å². The number of aryl methyl sites for hydroxylation is 1. The van der Waals surface area contributed by atoms with Gasteiger partial charge in [-0.05, 0) is 0 Å². The molecule has 0 bridgehead atoms. The van der Waals surface area contributed by atoms with Gasteiger partial charge in [0.05, 0.1) is 17.4 Å². The molecule has 0 saturated heterocycles. The van der Waals surface area contributed by atoms with Crippen LogP contribution in [0.25, 0.3) is 21.3 Å². The number of hydrogen-bond donors (Lipinski definition) is 2. The first-order valence-corrected chi connectivity index (χ1v) is 8.86. The Hall–Kier alpha value is -3.54. The fraction of sp³-hybridized carbons (Fsp3) is 0.200. The summed E-state index contributed by atoms with van der Waals surface area (Å²) in [5, 5.41) is 10.1. The van der Waals surface area contributed by atoms with Crippen molar-refractivity contribution in [1.29, 1.82) is 0 Å². The van der Waals surface area contributed by atoms with Crippen LogP contribution in [0, 0.1) is 0 Å². The predicted molar refractivity (Wildman–Crippen MR) is 100 cm³/mol. The van der Waals surface area contributed by atoms with Crippen LogP contribution in [0.15, 0.2) is 41.0 Å². The molecule has 0 aromatic carbocycles. The molecular weight excluding hydrogens is 368 g/mol. The topological polar surface area (TPSA) is 120 Å². The summed E-state index contributed by atoms with van der Waals surface area (Å²) in [5.74, 6) is 1.08. The summed E-state index contributed by atoms with van der Waals surface area (Å²) < 4.78 is 5.83. The standard InChI is InChI=1S/C15H14N10OS/c1-8-19-10(22-21-8)4-25-15(26)12-9(3-17-25)13-14(23(12)2)20-11(27-13)5-24-7-16-6-18-24/h3,6-7,21H,1,4-5H2,2H3,(H,19,22). The molecule has 0 radical (unpaired) electrons. The molecule has 0 fully saturated rings. The van der Waals surface area contributed by atoms with E-state index in [0.29, 0.717) is 23.7 Å². The quantitative estimate of drug-likeness (QED) is 0.508. The van der Waals surface area contributed by atoms with Crippen molar-refractivity contribution >= 4 is 38.4 Å². The third-order valence-electron chi connectivity index (χ3n) is 4.25. The van der Waals surface area contributed by atoms with Crippen LogP contribution in [0.1, 0.15) is 5.01 Å². The second-order valence-corrected chi connectivity index (χ2v) is 7.12. The summed E-state index contributed by atoms with van der Waals surface area (Å²) in [7, 11) is 1.84. The van der Waals surface area contributed by atoms with Crippen LogP contribution in [-0.4, -0.2) is 39.9 Å². The van der Waals surface area contributed by atoms with Crippen LogP contribution < -0.4 is 16.4 Å². The fourth-order valence-corrected chi connectivity index (χ4v) is 4.14. The average molecular weight is 382 g/mol. The third kappa shape index (κ3) is 2.49. The van der Waals surface area contributed by atoms with Crippen LogP contribution in [0.4, 0.5) is 0 Å². The Morgan fingerprint density at radius 2 is 2.15 bits per heavy atom. The van der Waals surface area contributed by atoms with Gasteiger partial charge in [0.25, 0.3) is 5.56 Å². The van der Waals surface area contributed by atoms with Crippen molar-refractivity contribution < 1.29 is 0 Å². The Morgan fingerprint density at radius 1 is 1.26 bits per heavy atom. The van der Waals surface area contributed by atoms with Gasteiger partial charge >= 0.3 is 0 Å². The maximum absolute atomic E-state index is 12.9. The largest absolute Gasteiger partial charge is 0.323 e. The molecule has 5 heterocycles. The molecule has 4 aromatic rings. The molecular formula is C15H14N10OS. The predicted octanol–water partition coefficient (Wildman–Crippen LogP) is -0.0380. The Morgan fingerprint density at radius 3 is 2.89 bits per heavy atom. The molecule has 11 nitrogen and oxygen atoms in total. The first-order valence-electron chi connectivity index (χ1n) is 8.05. The molecule has 0 amide bonds. The molecule has 27 heavy (non-hydrogen) atoms. The van der Waals surface area contributed by atoms with Gasteiger partial charge in [-0.3, -0.25) is 15.6 Å². The third-order valence-corrected chi connectivity index (χ3v) is 5.32. The molecule has 2 N–H and O–H groups in total. The highest BCUT2D eigenvalue weighted by atomic mass is 32.1. The number of aliphatic imine (C=N–C) groups is 1. The van der Waals surface area contributed by atoms with Gasteiger partial charge in [-0.25, -0.2) is 24.3 Å². The van der Waals surface area contributed by atoms with E-state index in [2.05, 4.69) is 42.6 Å². The smallest absolute Gasteiger partial charge is 0.291 e. The number of fused-ring (bicyclic) bond motifs is 3. The van der Waals surface area contributed by atoms with Crippen molar-refractivity contribution in [2.24, 2.45) is 12.0 Å². The van der Waals surface area contributed by atoms with E-state index in [4.69, 9.17) is 0 Å².